The van der Waals surface area contributed by atoms with E-state index in [2.05, 4.69) is 25.1 Å². The Kier molecular flexibility index (Phi) is 18.8. The molecule has 0 aliphatic heterocycles. The summed E-state index contributed by atoms with van der Waals surface area (Å²) < 4.78 is 5.74. The Hall–Kier alpha value is -1.02. The van der Waals surface area contributed by atoms with E-state index in [0.717, 1.165) is 25.0 Å². The van der Waals surface area contributed by atoms with Gasteiger partial charge in [0.05, 0.1) is 6.61 Å². The molecule has 0 aromatic heterocycles. The van der Waals surface area contributed by atoms with Crippen LogP contribution in [-0.4, -0.2) is 18.3 Å². The number of ether oxygens (including phenoxy) is 1. The van der Waals surface area contributed by atoms with E-state index in [-0.39, 0.29) is 6.61 Å². The van der Waals surface area contributed by atoms with E-state index >= 15 is 0 Å². The van der Waals surface area contributed by atoms with Gasteiger partial charge >= 0.3 is 0 Å². The van der Waals surface area contributed by atoms with Crippen LogP contribution in [0.1, 0.15) is 134 Å². The lowest BCUT2D eigenvalue weighted by molar-refractivity contribution is 0.286. The number of rotatable bonds is 22. The molecule has 1 aromatic carbocycles. The van der Waals surface area contributed by atoms with Crippen molar-refractivity contribution in [2.45, 2.75) is 136 Å². The third-order valence-corrected chi connectivity index (χ3v) is 6.35. The van der Waals surface area contributed by atoms with Crippen molar-refractivity contribution >= 4 is 0 Å². The quantitative estimate of drug-likeness (QED) is 0.185. The normalized spacial score (nSPS) is 11.2. The van der Waals surface area contributed by atoms with E-state index in [9.17, 15) is 0 Å². The number of hydrogen-bond acceptors (Lipinski definition) is 2. The van der Waals surface area contributed by atoms with E-state index < -0.39 is 0 Å². The Bertz CT molecular complexity index is 511. The van der Waals surface area contributed by atoms with Gasteiger partial charge in [-0.25, -0.2) is 0 Å². The summed E-state index contributed by atoms with van der Waals surface area (Å²) in [5, 5.41) is 9.14. The summed E-state index contributed by atoms with van der Waals surface area (Å²) in [6.07, 6.45) is 25.6. The second-order valence-electron chi connectivity index (χ2n) is 9.26. The Balaban J connectivity index is 1.98. The van der Waals surface area contributed by atoms with Gasteiger partial charge in [-0.1, -0.05) is 115 Å². The number of aliphatic hydroxyl groups is 1. The zero-order valence-corrected chi connectivity index (χ0v) is 20.9. The van der Waals surface area contributed by atoms with E-state index in [1.165, 1.54) is 114 Å². The largest absolute Gasteiger partial charge is 0.494 e. The minimum atomic E-state index is 0.245. The molecule has 1 rings (SSSR count). The lowest BCUT2D eigenvalue weighted by atomic mass is 10.00. The van der Waals surface area contributed by atoms with Crippen LogP contribution in [-0.2, 0) is 12.8 Å². The molecule has 0 saturated heterocycles. The molecule has 1 aromatic rings. The van der Waals surface area contributed by atoms with Crippen molar-refractivity contribution in [2.75, 3.05) is 13.2 Å². The molecule has 180 valence electrons. The monoisotopic (exact) mass is 432 g/mol. The SMILES string of the molecule is CCCCCCCCCCCCCCCCCCc1ccc(OCC)c(CCCO)c1. The van der Waals surface area contributed by atoms with Crippen molar-refractivity contribution in [2.24, 2.45) is 0 Å². The number of aryl methyl sites for hydroxylation is 2. The predicted octanol–water partition coefficient (Wildman–Crippen LogP) is 8.81. The second kappa shape index (κ2) is 20.9. The smallest absolute Gasteiger partial charge is 0.122 e. The van der Waals surface area contributed by atoms with Crippen molar-refractivity contribution in [1.82, 2.24) is 0 Å². The van der Waals surface area contributed by atoms with Crippen molar-refractivity contribution in [3.8, 4) is 5.75 Å². The van der Waals surface area contributed by atoms with E-state index in [0.29, 0.717) is 6.61 Å². The molecule has 0 unspecified atom stereocenters. The average molecular weight is 433 g/mol. The highest BCUT2D eigenvalue weighted by Crippen LogP contribution is 2.23. The van der Waals surface area contributed by atoms with Gasteiger partial charge in [0, 0.05) is 6.61 Å². The van der Waals surface area contributed by atoms with Crippen molar-refractivity contribution in [1.29, 1.82) is 0 Å². The average Bonchev–Trinajstić information content (AvgIpc) is 2.78. The molecule has 0 aliphatic rings. The van der Waals surface area contributed by atoms with Gasteiger partial charge in [-0.3, -0.25) is 0 Å². The standard InChI is InChI=1S/C29H52O2/c1-3-5-6-7-8-9-10-11-12-13-14-15-16-17-18-19-21-27-23-24-29(31-4-2)28(26-27)22-20-25-30/h23-24,26,30H,3-22,25H2,1-2H3. The van der Waals surface area contributed by atoms with Crippen molar-refractivity contribution in [3.63, 3.8) is 0 Å². The fourth-order valence-electron chi connectivity index (χ4n) is 4.43. The van der Waals surface area contributed by atoms with Gasteiger partial charge in [-0.15, -0.1) is 0 Å². The molecule has 2 heteroatoms. The van der Waals surface area contributed by atoms with Gasteiger partial charge in [-0.2, -0.15) is 0 Å². The van der Waals surface area contributed by atoms with Gasteiger partial charge in [0.25, 0.3) is 0 Å². The van der Waals surface area contributed by atoms with Gasteiger partial charge < -0.3 is 9.84 Å². The zero-order valence-electron chi connectivity index (χ0n) is 20.9. The second-order valence-corrected chi connectivity index (χ2v) is 9.26. The summed E-state index contributed by atoms with van der Waals surface area (Å²) in [5.74, 6) is 0.992. The molecule has 0 radical (unpaired) electrons. The third-order valence-electron chi connectivity index (χ3n) is 6.35. The van der Waals surface area contributed by atoms with Crippen LogP contribution in [0.25, 0.3) is 0 Å². The molecule has 0 aliphatic carbocycles. The van der Waals surface area contributed by atoms with Gasteiger partial charge in [0.2, 0.25) is 0 Å². The van der Waals surface area contributed by atoms with Crippen LogP contribution in [0.4, 0.5) is 0 Å². The maximum atomic E-state index is 9.14. The van der Waals surface area contributed by atoms with Crippen LogP contribution >= 0.6 is 0 Å². The molecular weight excluding hydrogens is 380 g/mol. The van der Waals surface area contributed by atoms with Crippen LogP contribution in [0, 0.1) is 0 Å². The van der Waals surface area contributed by atoms with Crippen LogP contribution in [0.5, 0.6) is 5.75 Å². The molecule has 0 heterocycles. The predicted molar refractivity (Wildman–Crippen MR) is 136 cm³/mol. The highest BCUT2D eigenvalue weighted by atomic mass is 16.5. The lowest BCUT2D eigenvalue weighted by Crippen LogP contribution is -1.99. The van der Waals surface area contributed by atoms with Crippen LogP contribution in [0.3, 0.4) is 0 Å². The molecule has 31 heavy (non-hydrogen) atoms. The van der Waals surface area contributed by atoms with E-state index in [4.69, 9.17) is 9.84 Å². The molecule has 0 saturated carbocycles. The molecular formula is C29H52O2. The summed E-state index contributed by atoms with van der Waals surface area (Å²) in [6.45, 7) is 5.26. The van der Waals surface area contributed by atoms with Crippen LogP contribution in [0.15, 0.2) is 18.2 Å². The number of hydrogen-bond donors (Lipinski definition) is 1. The maximum absolute atomic E-state index is 9.14. The number of unbranched alkanes of at least 4 members (excludes halogenated alkanes) is 15. The van der Waals surface area contributed by atoms with Gasteiger partial charge in [0.1, 0.15) is 5.75 Å². The van der Waals surface area contributed by atoms with Crippen molar-refractivity contribution in [3.05, 3.63) is 29.3 Å². The van der Waals surface area contributed by atoms with E-state index in [1.807, 2.05) is 6.92 Å². The van der Waals surface area contributed by atoms with Gasteiger partial charge in [0.15, 0.2) is 0 Å². The number of aliphatic hydroxyl groups excluding tert-OH is 1. The first-order chi connectivity index (χ1) is 15.3. The minimum Gasteiger partial charge on any atom is -0.494 e. The first-order valence-corrected chi connectivity index (χ1v) is 13.7. The first-order valence-electron chi connectivity index (χ1n) is 13.7. The fraction of sp³-hybridized carbons (Fsp3) is 0.793. The highest BCUT2D eigenvalue weighted by molar-refractivity contribution is 5.37. The summed E-state index contributed by atoms with van der Waals surface area (Å²) in [6, 6.07) is 6.64. The van der Waals surface area contributed by atoms with Crippen LogP contribution < -0.4 is 4.74 Å². The summed E-state index contributed by atoms with van der Waals surface area (Å²) >= 11 is 0. The highest BCUT2D eigenvalue weighted by Gasteiger charge is 2.05. The Morgan fingerprint density at radius 3 is 1.61 bits per heavy atom. The topological polar surface area (TPSA) is 29.5 Å². The van der Waals surface area contributed by atoms with Crippen molar-refractivity contribution < 1.29 is 9.84 Å². The molecule has 0 bridgehead atoms. The number of benzene rings is 1. The lowest BCUT2D eigenvalue weighted by Gasteiger charge is -2.12. The minimum absolute atomic E-state index is 0.245. The molecule has 0 amide bonds. The molecule has 0 spiro atoms. The van der Waals surface area contributed by atoms with Crippen LogP contribution in [0.2, 0.25) is 0 Å². The summed E-state index contributed by atoms with van der Waals surface area (Å²) in [4.78, 5) is 0. The third kappa shape index (κ3) is 15.4. The summed E-state index contributed by atoms with van der Waals surface area (Å²) in [7, 11) is 0. The Morgan fingerprint density at radius 1 is 0.613 bits per heavy atom. The molecule has 0 fully saturated rings. The fourth-order valence-corrected chi connectivity index (χ4v) is 4.43. The molecule has 1 N–H and O–H groups in total. The maximum Gasteiger partial charge on any atom is 0.122 e. The molecule has 2 nitrogen and oxygen atoms in total. The van der Waals surface area contributed by atoms with E-state index in [1.54, 1.807) is 0 Å². The summed E-state index contributed by atoms with van der Waals surface area (Å²) in [5.41, 5.74) is 2.67. The zero-order chi connectivity index (χ0) is 22.4. The Morgan fingerprint density at radius 2 is 1.13 bits per heavy atom. The Labute approximate surface area is 194 Å². The van der Waals surface area contributed by atoms with Gasteiger partial charge in [-0.05, 0) is 49.8 Å². The first kappa shape index (κ1) is 28.0. The molecule has 0 atom stereocenters.